The Morgan fingerprint density at radius 1 is 1.33 bits per heavy atom. The third-order valence-electron chi connectivity index (χ3n) is 3.66. The molecule has 0 aromatic carbocycles. The Labute approximate surface area is 127 Å². The van der Waals surface area contributed by atoms with Gasteiger partial charge in [0.1, 0.15) is 12.2 Å². The number of hydrogen-bond acceptors (Lipinski definition) is 3. The average molecular weight is 289 g/mol. The molecule has 0 aliphatic carbocycles. The summed E-state index contributed by atoms with van der Waals surface area (Å²) in [6, 6.07) is 2.63. The Morgan fingerprint density at radius 2 is 2.14 bits per heavy atom. The molecule has 5 nitrogen and oxygen atoms in total. The zero-order valence-electron chi connectivity index (χ0n) is 13.6. The number of nitrogens with one attached hydrogen (secondary N) is 1. The average Bonchev–Trinajstić information content (AvgIpc) is 3.06. The van der Waals surface area contributed by atoms with Gasteiger partial charge in [-0.15, -0.1) is 0 Å². The summed E-state index contributed by atoms with van der Waals surface area (Å²) in [5, 5.41) is 7.70. The molecule has 0 bridgehead atoms. The number of aromatic nitrogens is 4. The van der Waals surface area contributed by atoms with Crippen LogP contribution in [-0.4, -0.2) is 26.4 Å². The lowest BCUT2D eigenvalue weighted by atomic mass is 10.1. The lowest BCUT2D eigenvalue weighted by molar-refractivity contribution is 0.460. The maximum absolute atomic E-state index is 4.39. The normalized spacial score (nSPS) is 13.0. The van der Waals surface area contributed by atoms with Gasteiger partial charge in [0.05, 0.1) is 6.54 Å². The van der Waals surface area contributed by atoms with Crippen LogP contribution in [0.2, 0.25) is 0 Å². The van der Waals surface area contributed by atoms with Crippen LogP contribution in [0.4, 0.5) is 0 Å². The molecule has 21 heavy (non-hydrogen) atoms. The van der Waals surface area contributed by atoms with E-state index in [0.717, 1.165) is 25.3 Å². The van der Waals surface area contributed by atoms with Crippen LogP contribution in [0.25, 0.3) is 0 Å². The van der Waals surface area contributed by atoms with Gasteiger partial charge < -0.3 is 9.88 Å². The Balaban J connectivity index is 2.07. The lowest BCUT2D eigenvalue weighted by Crippen LogP contribution is -2.15. The molecule has 2 rings (SSSR count). The molecular formula is C16H27N5. The minimum Gasteiger partial charge on any atom is -0.346 e. The quantitative estimate of drug-likeness (QED) is 0.813. The van der Waals surface area contributed by atoms with Gasteiger partial charge in [-0.05, 0) is 31.0 Å². The summed E-state index contributed by atoms with van der Waals surface area (Å²) in [4.78, 5) is 4.39. The zero-order valence-corrected chi connectivity index (χ0v) is 13.6. The van der Waals surface area contributed by atoms with E-state index in [1.165, 1.54) is 12.0 Å². The van der Waals surface area contributed by atoms with Gasteiger partial charge in [-0.3, -0.25) is 0 Å². The molecule has 2 aromatic heterocycles. The van der Waals surface area contributed by atoms with E-state index in [2.05, 4.69) is 59.2 Å². The van der Waals surface area contributed by atoms with Crippen molar-refractivity contribution in [2.45, 2.75) is 52.7 Å². The Morgan fingerprint density at radius 3 is 2.81 bits per heavy atom. The predicted octanol–water partition coefficient (Wildman–Crippen LogP) is 2.84. The third kappa shape index (κ3) is 4.17. The van der Waals surface area contributed by atoms with Crippen molar-refractivity contribution in [1.82, 2.24) is 24.6 Å². The Hall–Kier alpha value is -1.62. The Kier molecular flexibility index (Phi) is 5.56. The van der Waals surface area contributed by atoms with Crippen molar-refractivity contribution in [3.8, 4) is 0 Å². The summed E-state index contributed by atoms with van der Waals surface area (Å²) in [6.07, 6.45) is 8.33. The monoisotopic (exact) mass is 289 g/mol. The first-order valence-corrected chi connectivity index (χ1v) is 7.83. The van der Waals surface area contributed by atoms with Gasteiger partial charge >= 0.3 is 0 Å². The van der Waals surface area contributed by atoms with Crippen molar-refractivity contribution in [2.75, 3.05) is 7.05 Å². The van der Waals surface area contributed by atoms with Crippen LogP contribution in [0.15, 0.2) is 24.8 Å². The van der Waals surface area contributed by atoms with Crippen LogP contribution in [0, 0.1) is 5.92 Å². The zero-order chi connectivity index (χ0) is 15.2. The van der Waals surface area contributed by atoms with Crippen LogP contribution in [0.3, 0.4) is 0 Å². The van der Waals surface area contributed by atoms with Gasteiger partial charge in [0.15, 0.2) is 0 Å². The van der Waals surface area contributed by atoms with Crippen LogP contribution in [0.5, 0.6) is 0 Å². The van der Waals surface area contributed by atoms with Gasteiger partial charge in [0.25, 0.3) is 0 Å². The smallest absolute Gasteiger partial charge is 0.146 e. The molecular weight excluding hydrogens is 262 g/mol. The first-order chi connectivity index (χ1) is 10.1. The van der Waals surface area contributed by atoms with Crippen LogP contribution < -0.4 is 5.32 Å². The molecule has 0 spiro atoms. The van der Waals surface area contributed by atoms with Crippen molar-refractivity contribution in [2.24, 2.45) is 5.92 Å². The molecule has 2 aromatic rings. The minimum absolute atomic E-state index is 0.435. The summed E-state index contributed by atoms with van der Waals surface area (Å²) >= 11 is 0. The molecule has 0 saturated carbocycles. The molecule has 1 unspecified atom stereocenters. The van der Waals surface area contributed by atoms with Gasteiger partial charge in [0, 0.05) is 25.0 Å². The first kappa shape index (κ1) is 15.8. The molecule has 1 N–H and O–H groups in total. The van der Waals surface area contributed by atoms with Crippen molar-refractivity contribution in [3.63, 3.8) is 0 Å². The molecule has 0 fully saturated rings. The SMILES string of the molecule is CCCC(NC)c1ccn(Cc2ncnn2CC(C)C)c1. The molecule has 0 aliphatic rings. The van der Waals surface area contributed by atoms with Gasteiger partial charge in [0.2, 0.25) is 0 Å². The summed E-state index contributed by atoms with van der Waals surface area (Å²) in [5.74, 6) is 1.59. The fraction of sp³-hybridized carbons (Fsp3) is 0.625. The summed E-state index contributed by atoms with van der Waals surface area (Å²) in [5.41, 5.74) is 1.34. The number of rotatable bonds is 8. The summed E-state index contributed by atoms with van der Waals surface area (Å²) in [7, 11) is 2.02. The molecule has 0 aliphatic heterocycles. The molecule has 0 amide bonds. The molecule has 0 saturated heterocycles. The lowest BCUT2D eigenvalue weighted by Gasteiger charge is -2.13. The Bertz CT molecular complexity index is 540. The van der Waals surface area contributed by atoms with Gasteiger partial charge in [-0.1, -0.05) is 27.2 Å². The van der Waals surface area contributed by atoms with E-state index in [0.29, 0.717) is 12.0 Å². The van der Waals surface area contributed by atoms with Crippen molar-refractivity contribution in [3.05, 3.63) is 36.2 Å². The summed E-state index contributed by atoms with van der Waals surface area (Å²) in [6.45, 7) is 8.30. The molecule has 1 atom stereocenters. The van der Waals surface area contributed by atoms with E-state index in [1.807, 2.05) is 11.7 Å². The summed E-state index contributed by atoms with van der Waals surface area (Å²) < 4.78 is 4.20. The van der Waals surface area contributed by atoms with Crippen LogP contribution in [-0.2, 0) is 13.1 Å². The number of hydrogen-bond donors (Lipinski definition) is 1. The highest BCUT2D eigenvalue weighted by Crippen LogP contribution is 2.18. The largest absolute Gasteiger partial charge is 0.346 e. The van der Waals surface area contributed by atoms with Crippen molar-refractivity contribution >= 4 is 0 Å². The second-order valence-electron chi connectivity index (χ2n) is 6.00. The molecule has 2 heterocycles. The fourth-order valence-electron chi connectivity index (χ4n) is 2.60. The van der Waals surface area contributed by atoms with Crippen LogP contribution >= 0.6 is 0 Å². The standard InChI is InChI=1S/C16H27N5/c1-5-6-15(17-4)14-7-8-20(10-14)11-16-18-12-19-21(16)9-13(2)3/h7-8,10,12-13,15,17H,5-6,9,11H2,1-4H3. The molecule has 116 valence electrons. The maximum atomic E-state index is 4.39. The third-order valence-corrected chi connectivity index (χ3v) is 3.66. The van der Waals surface area contributed by atoms with E-state index in [4.69, 9.17) is 0 Å². The van der Waals surface area contributed by atoms with E-state index in [9.17, 15) is 0 Å². The first-order valence-electron chi connectivity index (χ1n) is 7.83. The highest BCUT2D eigenvalue weighted by molar-refractivity contribution is 5.16. The molecule has 0 radical (unpaired) electrons. The van der Waals surface area contributed by atoms with Gasteiger partial charge in [-0.25, -0.2) is 9.67 Å². The van der Waals surface area contributed by atoms with Crippen molar-refractivity contribution in [1.29, 1.82) is 0 Å². The predicted molar refractivity (Wildman–Crippen MR) is 85.1 cm³/mol. The maximum Gasteiger partial charge on any atom is 0.146 e. The highest BCUT2D eigenvalue weighted by Gasteiger charge is 2.11. The van der Waals surface area contributed by atoms with Crippen molar-refractivity contribution < 1.29 is 0 Å². The topological polar surface area (TPSA) is 47.7 Å². The van der Waals surface area contributed by atoms with E-state index in [-0.39, 0.29) is 0 Å². The van der Waals surface area contributed by atoms with E-state index in [1.54, 1.807) is 6.33 Å². The fourth-order valence-corrected chi connectivity index (χ4v) is 2.60. The minimum atomic E-state index is 0.435. The molecule has 5 heteroatoms. The highest BCUT2D eigenvalue weighted by atomic mass is 15.3. The van der Waals surface area contributed by atoms with E-state index < -0.39 is 0 Å². The van der Waals surface area contributed by atoms with Crippen LogP contribution in [0.1, 0.15) is 51.0 Å². The second kappa shape index (κ2) is 7.41. The van der Waals surface area contributed by atoms with Gasteiger partial charge in [-0.2, -0.15) is 5.10 Å². The second-order valence-corrected chi connectivity index (χ2v) is 6.00. The van der Waals surface area contributed by atoms with E-state index >= 15 is 0 Å². The number of nitrogens with zero attached hydrogens (tertiary/aromatic N) is 4.